The van der Waals surface area contributed by atoms with Gasteiger partial charge in [0.15, 0.2) is 6.10 Å². The molecule has 1 aliphatic carbocycles. The van der Waals surface area contributed by atoms with Crippen LogP contribution in [0.4, 0.5) is 0 Å². The highest BCUT2D eigenvalue weighted by molar-refractivity contribution is 5.81. The van der Waals surface area contributed by atoms with Gasteiger partial charge >= 0.3 is 0 Å². The zero-order valence-corrected chi connectivity index (χ0v) is 11.4. The van der Waals surface area contributed by atoms with E-state index in [-0.39, 0.29) is 12.5 Å². The molecule has 1 saturated carbocycles. The number of carbonyl (C=O) groups is 1. The number of benzene rings is 1. The first-order chi connectivity index (χ1) is 9.05. The second-order valence-corrected chi connectivity index (χ2v) is 5.41. The SMILES string of the molecule is CC(Oc1ccccc1)C(=O)NC(C)(CO)C1CC1. The van der Waals surface area contributed by atoms with Crippen LogP contribution in [-0.2, 0) is 4.79 Å². The van der Waals surface area contributed by atoms with Gasteiger partial charge in [0.25, 0.3) is 5.91 Å². The minimum Gasteiger partial charge on any atom is -0.481 e. The summed E-state index contributed by atoms with van der Waals surface area (Å²) in [6, 6.07) is 9.25. The van der Waals surface area contributed by atoms with Crippen molar-refractivity contribution in [3.63, 3.8) is 0 Å². The first-order valence-corrected chi connectivity index (χ1v) is 6.70. The fourth-order valence-corrected chi connectivity index (χ4v) is 2.13. The highest BCUT2D eigenvalue weighted by atomic mass is 16.5. The van der Waals surface area contributed by atoms with Crippen molar-refractivity contribution >= 4 is 5.91 Å². The van der Waals surface area contributed by atoms with Crippen LogP contribution in [0.5, 0.6) is 5.75 Å². The number of aliphatic hydroxyl groups is 1. The molecule has 1 amide bonds. The number of hydrogen-bond acceptors (Lipinski definition) is 3. The average molecular weight is 263 g/mol. The average Bonchev–Trinajstić information content (AvgIpc) is 3.24. The lowest BCUT2D eigenvalue weighted by molar-refractivity contribution is -0.130. The number of carbonyl (C=O) groups excluding carboxylic acids is 1. The second-order valence-electron chi connectivity index (χ2n) is 5.41. The van der Waals surface area contributed by atoms with Crippen LogP contribution in [0.25, 0.3) is 0 Å². The van der Waals surface area contributed by atoms with E-state index in [1.54, 1.807) is 6.92 Å². The van der Waals surface area contributed by atoms with Crippen molar-refractivity contribution in [2.45, 2.75) is 38.3 Å². The molecule has 4 nitrogen and oxygen atoms in total. The van der Waals surface area contributed by atoms with E-state index in [0.29, 0.717) is 11.7 Å². The normalized spacial score (nSPS) is 19.3. The van der Waals surface area contributed by atoms with E-state index in [1.807, 2.05) is 37.3 Å². The van der Waals surface area contributed by atoms with Gasteiger partial charge in [0.05, 0.1) is 12.1 Å². The summed E-state index contributed by atoms with van der Waals surface area (Å²) in [5.41, 5.74) is -0.522. The van der Waals surface area contributed by atoms with E-state index in [0.717, 1.165) is 12.8 Å². The molecule has 1 aliphatic rings. The number of aliphatic hydroxyl groups excluding tert-OH is 1. The lowest BCUT2D eigenvalue weighted by Gasteiger charge is -2.30. The highest BCUT2D eigenvalue weighted by Gasteiger charge is 2.42. The van der Waals surface area contributed by atoms with Crippen LogP contribution in [0.2, 0.25) is 0 Å². The van der Waals surface area contributed by atoms with Crippen LogP contribution in [0.15, 0.2) is 30.3 Å². The fraction of sp³-hybridized carbons (Fsp3) is 0.533. The Balaban J connectivity index is 1.92. The van der Waals surface area contributed by atoms with Gasteiger partial charge in [-0.1, -0.05) is 18.2 Å². The predicted molar refractivity (Wildman–Crippen MR) is 72.9 cm³/mol. The molecule has 104 valence electrons. The summed E-state index contributed by atoms with van der Waals surface area (Å²) < 4.78 is 5.57. The van der Waals surface area contributed by atoms with Gasteiger partial charge in [-0.15, -0.1) is 0 Å². The minimum atomic E-state index is -0.577. The molecule has 0 radical (unpaired) electrons. The third kappa shape index (κ3) is 3.47. The van der Waals surface area contributed by atoms with Crippen LogP contribution in [0.1, 0.15) is 26.7 Å². The number of rotatable bonds is 6. The van der Waals surface area contributed by atoms with Gasteiger partial charge in [0.1, 0.15) is 5.75 Å². The topological polar surface area (TPSA) is 58.6 Å². The molecule has 2 rings (SSSR count). The van der Waals surface area contributed by atoms with Crippen LogP contribution in [0.3, 0.4) is 0 Å². The molecular formula is C15H21NO3. The van der Waals surface area contributed by atoms with Gasteiger partial charge in [-0.2, -0.15) is 0 Å². The summed E-state index contributed by atoms with van der Waals surface area (Å²) in [4.78, 5) is 12.1. The predicted octanol–water partition coefficient (Wildman–Crippen LogP) is 1.73. The molecule has 19 heavy (non-hydrogen) atoms. The monoisotopic (exact) mass is 263 g/mol. The van der Waals surface area contributed by atoms with Gasteiger partial charge < -0.3 is 15.2 Å². The van der Waals surface area contributed by atoms with Crippen molar-refractivity contribution in [2.24, 2.45) is 5.92 Å². The van der Waals surface area contributed by atoms with Gasteiger partial charge in [0, 0.05) is 0 Å². The summed E-state index contributed by atoms with van der Waals surface area (Å²) >= 11 is 0. The lowest BCUT2D eigenvalue weighted by Crippen LogP contribution is -2.54. The Morgan fingerprint density at radius 1 is 1.47 bits per heavy atom. The Kier molecular flexibility index (Phi) is 4.10. The summed E-state index contributed by atoms with van der Waals surface area (Å²) in [6.07, 6.45) is 1.54. The van der Waals surface area contributed by atoms with Gasteiger partial charge in [-0.05, 0) is 44.7 Å². The lowest BCUT2D eigenvalue weighted by atomic mass is 9.96. The highest BCUT2D eigenvalue weighted by Crippen LogP contribution is 2.39. The van der Waals surface area contributed by atoms with Crippen molar-refractivity contribution in [1.29, 1.82) is 0 Å². The summed E-state index contributed by atoms with van der Waals surface area (Å²) in [7, 11) is 0. The number of amides is 1. The van der Waals surface area contributed by atoms with Crippen molar-refractivity contribution in [3.8, 4) is 5.75 Å². The Morgan fingerprint density at radius 3 is 2.63 bits per heavy atom. The molecule has 1 fully saturated rings. The maximum absolute atomic E-state index is 12.1. The molecular weight excluding hydrogens is 242 g/mol. The molecule has 0 aliphatic heterocycles. The molecule has 0 saturated heterocycles. The van der Waals surface area contributed by atoms with Crippen LogP contribution in [0, 0.1) is 5.92 Å². The first kappa shape index (κ1) is 13.9. The third-order valence-electron chi connectivity index (χ3n) is 3.64. The van der Waals surface area contributed by atoms with Crippen LogP contribution < -0.4 is 10.1 Å². The number of para-hydroxylation sites is 1. The van der Waals surface area contributed by atoms with E-state index in [1.165, 1.54) is 0 Å². The largest absolute Gasteiger partial charge is 0.481 e. The molecule has 0 heterocycles. The van der Waals surface area contributed by atoms with E-state index in [4.69, 9.17) is 4.74 Å². The standard InChI is InChI=1S/C15H21NO3/c1-11(19-13-6-4-3-5-7-13)14(18)16-15(2,10-17)12-8-9-12/h3-7,11-12,17H,8-10H2,1-2H3,(H,16,18). The van der Waals surface area contributed by atoms with Crippen molar-refractivity contribution < 1.29 is 14.6 Å². The fourth-order valence-electron chi connectivity index (χ4n) is 2.13. The smallest absolute Gasteiger partial charge is 0.261 e. The molecule has 1 aromatic carbocycles. The summed E-state index contributed by atoms with van der Waals surface area (Å²) in [5, 5.41) is 12.4. The Labute approximate surface area is 113 Å². The van der Waals surface area contributed by atoms with Crippen molar-refractivity contribution in [2.75, 3.05) is 6.61 Å². The number of hydrogen-bond donors (Lipinski definition) is 2. The molecule has 2 atom stereocenters. The maximum atomic E-state index is 12.1. The van der Waals surface area contributed by atoms with Gasteiger partial charge in [-0.3, -0.25) is 4.79 Å². The third-order valence-corrected chi connectivity index (χ3v) is 3.64. The molecule has 4 heteroatoms. The molecule has 2 unspecified atom stereocenters. The number of ether oxygens (including phenoxy) is 1. The van der Waals surface area contributed by atoms with Crippen LogP contribution in [-0.4, -0.2) is 29.3 Å². The zero-order valence-electron chi connectivity index (χ0n) is 11.4. The summed E-state index contributed by atoms with van der Waals surface area (Å²) in [6.45, 7) is 3.56. The van der Waals surface area contributed by atoms with Gasteiger partial charge in [-0.25, -0.2) is 0 Å². The van der Waals surface area contributed by atoms with E-state index >= 15 is 0 Å². The quantitative estimate of drug-likeness (QED) is 0.821. The van der Waals surface area contributed by atoms with E-state index in [2.05, 4.69) is 5.32 Å². The minimum absolute atomic E-state index is 0.0402. The second kappa shape index (κ2) is 5.61. The van der Waals surface area contributed by atoms with E-state index in [9.17, 15) is 9.90 Å². The summed E-state index contributed by atoms with van der Waals surface area (Å²) in [5.74, 6) is 0.861. The Hall–Kier alpha value is -1.55. The Morgan fingerprint density at radius 2 is 2.11 bits per heavy atom. The maximum Gasteiger partial charge on any atom is 0.261 e. The molecule has 0 bridgehead atoms. The molecule has 0 aromatic heterocycles. The first-order valence-electron chi connectivity index (χ1n) is 6.70. The molecule has 1 aromatic rings. The number of nitrogens with one attached hydrogen (secondary N) is 1. The Bertz CT molecular complexity index is 430. The van der Waals surface area contributed by atoms with Gasteiger partial charge in [0.2, 0.25) is 0 Å². The molecule has 2 N–H and O–H groups in total. The molecule has 0 spiro atoms. The van der Waals surface area contributed by atoms with Crippen LogP contribution >= 0.6 is 0 Å². The van der Waals surface area contributed by atoms with E-state index < -0.39 is 11.6 Å². The van der Waals surface area contributed by atoms with Crippen molar-refractivity contribution in [1.82, 2.24) is 5.32 Å². The van der Waals surface area contributed by atoms with Crippen molar-refractivity contribution in [3.05, 3.63) is 30.3 Å². The zero-order chi connectivity index (χ0) is 13.9.